The summed E-state index contributed by atoms with van der Waals surface area (Å²) in [5.41, 5.74) is 2.56. The number of anilines is 2. The molecule has 8 heteroatoms. The van der Waals surface area contributed by atoms with E-state index in [0.717, 1.165) is 11.1 Å². The smallest absolute Gasteiger partial charge is 0.267 e. The molecule has 0 fully saturated rings. The van der Waals surface area contributed by atoms with E-state index in [1.165, 1.54) is 4.31 Å². The van der Waals surface area contributed by atoms with Crippen LogP contribution in [0.4, 0.5) is 11.4 Å². The fraction of sp³-hybridized carbons (Fsp3) is 0.269. The summed E-state index contributed by atoms with van der Waals surface area (Å²) in [6, 6.07) is 18.8. The first-order valence-corrected chi connectivity index (χ1v) is 12.7. The van der Waals surface area contributed by atoms with Gasteiger partial charge in [-0.3, -0.25) is 9.10 Å². The average molecular weight is 499 g/mol. The Labute approximate surface area is 205 Å². The molecule has 4 rings (SSSR count). The topological polar surface area (TPSA) is 75.7 Å². The number of amides is 1. The predicted molar refractivity (Wildman–Crippen MR) is 135 cm³/mol. The van der Waals surface area contributed by atoms with Gasteiger partial charge in [-0.1, -0.05) is 56.6 Å². The summed E-state index contributed by atoms with van der Waals surface area (Å²) in [6.45, 7) is 7.84. The Morgan fingerprint density at radius 3 is 2.41 bits per heavy atom. The lowest BCUT2D eigenvalue weighted by atomic mass is 9.86. The van der Waals surface area contributed by atoms with Gasteiger partial charge in [0.2, 0.25) is 0 Å². The van der Waals surface area contributed by atoms with E-state index in [4.69, 9.17) is 16.3 Å². The summed E-state index contributed by atoms with van der Waals surface area (Å²) >= 11 is 6.02. The molecule has 0 saturated carbocycles. The lowest BCUT2D eigenvalue weighted by molar-refractivity contribution is -0.122. The third kappa shape index (κ3) is 4.76. The average Bonchev–Trinajstić information content (AvgIpc) is 2.79. The third-order valence-corrected chi connectivity index (χ3v) is 7.79. The van der Waals surface area contributed by atoms with Crippen LogP contribution in [0.5, 0.6) is 5.75 Å². The van der Waals surface area contributed by atoms with Gasteiger partial charge in [0.15, 0.2) is 6.10 Å². The first kappa shape index (κ1) is 24.1. The van der Waals surface area contributed by atoms with Crippen LogP contribution in [-0.4, -0.2) is 27.0 Å². The van der Waals surface area contributed by atoms with Gasteiger partial charge < -0.3 is 10.1 Å². The van der Waals surface area contributed by atoms with Crippen molar-refractivity contribution in [1.82, 2.24) is 0 Å². The quantitative estimate of drug-likeness (QED) is 0.512. The van der Waals surface area contributed by atoms with Crippen LogP contribution >= 0.6 is 11.6 Å². The molecule has 0 aliphatic carbocycles. The number of fused-ring (bicyclic) bond motifs is 1. The lowest BCUT2D eigenvalue weighted by Crippen LogP contribution is -2.49. The maximum Gasteiger partial charge on any atom is 0.267 e. The molecule has 1 aliphatic heterocycles. The van der Waals surface area contributed by atoms with Gasteiger partial charge in [0, 0.05) is 10.7 Å². The van der Waals surface area contributed by atoms with Gasteiger partial charge in [0.05, 0.1) is 17.1 Å². The van der Waals surface area contributed by atoms with Crippen LogP contribution < -0.4 is 14.4 Å². The zero-order chi connectivity index (χ0) is 24.7. The molecule has 178 valence electrons. The number of halogens is 1. The van der Waals surface area contributed by atoms with E-state index in [9.17, 15) is 13.2 Å². The van der Waals surface area contributed by atoms with Gasteiger partial charge in [-0.25, -0.2) is 8.42 Å². The highest BCUT2D eigenvalue weighted by atomic mass is 35.5. The van der Waals surface area contributed by atoms with Crippen molar-refractivity contribution in [2.45, 2.75) is 44.1 Å². The number of rotatable bonds is 4. The van der Waals surface area contributed by atoms with E-state index in [2.05, 4.69) is 26.1 Å². The Morgan fingerprint density at radius 2 is 1.76 bits per heavy atom. The summed E-state index contributed by atoms with van der Waals surface area (Å²) in [5, 5.41) is 3.40. The molecule has 1 atom stereocenters. The molecule has 6 nitrogen and oxygen atoms in total. The second-order valence-electron chi connectivity index (χ2n) is 9.34. The van der Waals surface area contributed by atoms with Crippen LogP contribution in [0.3, 0.4) is 0 Å². The maximum absolute atomic E-state index is 13.7. The first-order chi connectivity index (χ1) is 16.0. The summed E-state index contributed by atoms with van der Waals surface area (Å²) in [5.74, 6) is -0.101. The van der Waals surface area contributed by atoms with Crippen molar-refractivity contribution in [1.29, 1.82) is 0 Å². The molecular formula is C26H27ClN2O4S. The highest BCUT2D eigenvalue weighted by Gasteiger charge is 2.38. The van der Waals surface area contributed by atoms with Gasteiger partial charge in [0.25, 0.3) is 15.9 Å². The third-order valence-electron chi connectivity index (χ3n) is 5.76. The highest BCUT2D eigenvalue weighted by Crippen LogP contribution is 2.40. The predicted octanol–water partition coefficient (Wildman–Crippen LogP) is 5.54. The molecule has 1 heterocycles. The van der Waals surface area contributed by atoms with Crippen LogP contribution in [0.1, 0.15) is 31.9 Å². The number of carbonyl (C=O) groups is 1. The minimum Gasteiger partial charge on any atom is -0.476 e. The number of hydrogen-bond donors (Lipinski definition) is 1. The number of benzene rings is 3. The molecule has 1 N–H and O–H groups in total. The number of nitrogens with one attached hydrogen (secondary N) is 1. The van der Waals surface area contributed by atoms with Crippen molar-refractivity contribution in [2.24, 2.45) is 0 Å². The Bertz CT molecular complexity index is 1330. The summed E-state index contributed by atoms with van der Waals surface area (Å²) in [4.78, 5) is 13.3. The molecule has 0 aromatic heterocycles. The van der Waals surface area contributed by atoms with Crippen molar-refractivity contribution in [2.75, 3.05) is 16.2 Å². The van der Waals surface area contributed by atoms with Crippen molar-refractivity contribution in [3.63, 3.8) is 0 Å². The van der Waals surface area contributed by atoms with Crippen molar-refractivity contribution >= 4 is 38.9 Å². The molecule has 3 aromatic carbocycles. The standard InChI is InChI=1S/C26H27ClN2O4S/c1-17-14-19(27)11-12-21(17)28-25(30)24-16-29(34(31,32)20-8-6-5-7-9-20)22-15-18(26(2,3)4)10-13-23(22)33-24/h5-15,24H,16H2,1-4H3,(H,28,30)/t24-/m1/s1. The Kier molecular flexibility index (Phi) is 6.36. The molecule has 0 saturated heterocycles. The molecule has 0 bridgehead atoms. The normalized spacial score (nSPS) is 15.9. The van der Waals surface area contributed by atoms with Gasteiger partial charge >= 0.3 is 0 Å². The van der Waals surface area contributed by atoms with E-state index in [1.54, 1.807) is 54.6 Å². The van der Waals surface area contributed by atoms with Crippen molar-refractivity contribution < 1.29 is 17.9 Å². The first-order valence-electron chi connectivity index (χ1n) is 10.9. The number of aryl methyl sites for hydroxylation is 1. The van der Waals surface area contributed by atoms with Crippen LogP contribution in [0, 0.1) is 6.92 Å². The van der Waals surface area contributed by atoms with Gasteiger partial charge in [-0.05, 0) is 65.9 Å². The molecule has 1 aliphatic rings. The van der Waals surface area contributed by atoms with E-state index in [-0.39, 0.29) is 16.9 Å². The number of ether oxygens (including phenoxy) is 1. The Hall–Kier alpha value is -3.03. The summed E-state index contributed by atoms with van der Waals surface area (Å²) < 4.78 is 34.6. The zero-order valence-corrected chi connectivity index (χ0v) is 21.1. The molecule has 3 aromatic rings. The van der Waals surface area contributed by atoms with Crippen LogP contribution in [-0.2, 0) is 20.2 Å². The molecule has 0 unspecified atom stereocenters. The molecule has 0 radical (unpaired) electrons. The fourth-order valence-corrected chi connectivity index (χ4v) is 5.50. The van der Waals surface area contributed by atoms with E-state index >= 15 is 0 Å². The SMILES string of the molecule is Cc1cc(Cl)ccc1NC(=O)[C@H]1CN(S(=O)(=O)c2ccccc2)c2cc(C(C)(C)C)ccc2O1. The van der Waals surface area contributed by atoms with Gasteiger partial charge in [0.1, 0.15) is 5.75 Å². The van der Waals surface area contributed by atoms with Crippen molar-refractivity contribution in [3.05, 3.63) is 82.9 Å². The minimum absolute atomic E-state index is 0.150. The largest absolute Gasteiger partial charge is 0.476 e. The lowest BCUT2D eigenvalue weighted by Gasteiger charge is -2.36. The van der Waals surface area contributed by atoms with E-state index in [1.807, 2.05) is 19.1 Å². The van der Waals surface area contributed by atoms with Gasteiger partial charge in [-0.15, -0.1) is 0 Å². The Morgan fingerprint density at radius 1 is 1.06 bits per heavy atom. The van der Waals surface area contributed by atoms with Crippen molar-refractivity contribution in [3.8, 4) is 5.75 Å². The molecule has 34 heavy (non-hydrogen) atoms. The number of hydrogen-bond acceptors (Lipinski definition) is 4. The fourth-order valence-electron chi connectivity index (χ4n) is 3.78. The van der Waals surface area contributed by atoms with E-state index in [0.29, 0.717) is 22.1 Å². The second kappa shape index (κ2) is 8.96. The minimum atomic E-state index is -3.93. The maximum atomic E-state index is 13.7. The van der Waals surface area contributed by atoms with Crippen LogP contribution in [0.2, 0.25) is 5.02 Å². The van der Waals surface area contributed by atoms with Crippen LogP contribution in [0.15, 0.2) is 71.6 Å². The monoisotopic (exact) mass is 498 g/mol. The zero-order valence-electron chi connectivity index (χ0n) is 19.5. The molecule has 1 amide bonds. The number of sulfonamides is 1. The summed E-state index contributed by atoms with van der Waals surface area (Å²) in [7, 11) is -3.93. The number of carbonyl (C=O) groups excluding carboxylic acids is 1. The summed E-state index contributed by atoms with van der Waals surface area (Å²) in [6.07, 6.45) is -1.04. The van der Waals surface area contributed by atoms with Gasteiger partial charge in [-0.2, -0.15) is 0 Å². The number of nitrogens with zero attached hydrogens (tertiary/aromatic N) is 1. The molecule has 0 spiro atoms. The Balaban J connectivity index is 1.74. The second-order valence-corrected chi connectivity index (χ2v) is 11.6. The molecular weight excluding hydrogens is 472 g/mol. The highest BCUT2D eigenvalue weighted by molar-refractivity contribution is 7.92. The van der Waals surface area contributed by atoms with E-state index < -0.39 is 22.0 Å². The van der Waals surface area contributed by atoms with Crippen LogP contribution in [0.25, 0.3) is 0 Å².